The molecule has 3 heteroatoms. The molecule has 0 fully saturated rings. The van der Waals surface area contributed by atoms with E-state index in [2.05, 4.69) is 48.2 Å². The zero-order chi connectivity index (χ0) is 12.7. The first-order valence-corrected chi connectivity index (χ1v) is 6.04. The van der Waals surface area contributed by atoms with Gasteiger partial charge in [0.15, 0.2) is 0 Å². The summed E-state index contributed by atoms with van der Waals surface area (Å²) >= 11 is 0. The average molecular weight is 235 g/mol. The van der Waals surface area contributed by atoms with Gasteiger partial charge in [0.05, 0.1) is 7.11 Å². The molecule has 0 aliphatic carbocycles. The fraction of sp³-hybridized carbons (Fsp3) is 0.500. The first-order valence-electron chi connectivity index (χ1n) is 6.04. The molecular weight excluding hydrogens is 214 g/mol. The van der Waals surface area contributed by atoms with Crippen molar-refractivity contribution in [3.8, 4) is 0 Å². The van der Waals surface area contributed by atoms with Crippen LogP contribution in [0.25, 0.3) is 0 Å². The third-order valence-corrected chi connectivity index (χ3v) is 2.69. The number of anilines is 1. The van der Waals surface area contributed by atoms with Gasteiger partial charge in [0.2, 0.25) is 0 Å². The second-order valence-electron chi connectivity index (χ2n) is 4.38. The molecule has 0 bridgehead atoms. The highest BCUT2D eigenvalue weighted by molar-refractivity contribution is 5.69. The Morgan fingerprint density at radius 1 is 1.29 bits per heavy atom. The van der Waals surface area contributed by atoms with Gasteiger partial charge in [-0.3, -0.25) is 4.79 Å². The normalized spacial score (nSPS) is 10.4. The fourth-order valence-corrected chi connectivity index (χ4v) is 1.55. The van der Waals surface area contributed by atoms with Gasteiger partial charge in [-0.15, -0.1) is 0 Å². The predicted molar refractivity (Wildman–Crippen MR) is 70.3 cm³/mol. The number of rotatable bonds is 6. The van der Waals surface area contributed by atoms with E-state index in [-0.39, 0.29) is 5.97 Å². The van der Waals surface area contributed by atoms with Crippen LogP contribution in [0.3, 0.4) is 0 Å². The van der Waals surface area contributed by atoms with Crippen molar-refractivity contribution >= 4 is 11.7 Å². The van der Waals surface area contributed by atoms with E-state index >= 15 is 0 Å². The van der Waals surface area contributed by atoms with Gasteiger partial charge in [0.1, 0.15) is 0 Å². The van der Waals surface area contributed by atoms with E-state index in [0.717, 1.165) is 18.7 Å². The Kier molecular flexibility index (Phi) is 5.53. The Morgan fingerprint density at radius 3 is 2.47 bits per heavy atom. The van der Waals surface area contributed by atoms with Crippen LogP contribution in [0.2, 0.25) is 0 Å². The van der Waals surface area contributed by atoms with Gasteiger partial charge in [-0.25, -0.2) is 0 Å². The number of hydrogen-bond donors (Lipinski definition) is 1. The van der Waals surface area contributed by atoms with Crippen LogP contribution in [0.15, 0.2) is 24.3 Å². The van der Waals surface area contributed by atoms with Crippen LogP contribution in [0.4, 0.5) is 5.69 Å². The molecule has 1 N–H and O–H groups in total. The maximum atomic E-state index is 10.9. The first-order chi connectivity index (χ1) is 8.13. The molecule has 0 saturated heterocycles. The lowest BCUT2D eigenvalue weighted by Crippen LogP contribution is -2.06. The van der Waals surface area contributed by atoms with E-state index in [0.29, 0.717) is 12.3 Å². The van der Waals surface area contributed by atoms with Gasteiger partial charge in [-0.1, -0.05) is 26.0 Å². The minimum absolute atomic E-state index is 0.151. The molecule has 94 valence electrons. The summed E-state index contributed by atoms with van der Waals surface area (Å²) in [4.78, 5) is 10.9. The second kappa shape index (κ2) is 6.94. The van der Waals surface area contributed by atoms with Crippen molar-refractivity contribution in [2.45, 2.75) is 32.6 Å². The van der Waals surface area contributed by atoms with Crippen LogP contribution in [-0.2, 0) is 9.53 Å². The summed E-state index contributed by atoms with van der Waals surface area (Å²) in [5.74, 6) is 0.408. The summed E-state index contributed by atoms with van der Waals surface area (Å²) in [7, 11) is 1.42. The summed E-state index contributed by atoms with van der Waals surface area (Å²) in [5, 5.41) is 3.28. The predicted octanol–water partition coefficient (Wildman–Crippen LogP) is 3.18. The molecule has 1 aromatic carbocycles. The number of nitrogens with one attached hydrogen (secondary N) is 1. The number of methoxy groups -OCH3 is 1. The van der Waals surface area contributed by atoms with Crippen LogP contribution in [-0.4, -0.2) is 19.6 Å². The van der Waals surface area contributed by atoms with Crippen LogP contribution in [0.1, 0.15) is 38.2 Å². The van der Waals surface area contributed by atoms with Crippen molar-refractivity contribution in [3.63, 3.8) is 0 Å². The molecule has 0 atom stereocenters. The molecule has 1 rings (SSSR count). The SMILES string of the molecule is COC(=O)CCCNc1ccc(C(C)C)cc1. The Morgan fingerprint density at radius 2 is 1.94 bits per heavy atom. The molecule has 0 unspecified atom stereocenters. The number of carbonyl (C=O) groups is 1. The van der Waals surface area contributed by atoms with E-state index in [9.17, 15) is 4.79 Å². The smallest absolute Gasteiger partial charge is 0.305 e. The maximum absolute atomic E-state index is 10.9. The Balaban J connectivity index is 2.30. The molecule has 0 aliphatic heterocycles. The summed E-state index contributed by atoms with van der Waals surface area (Å²) in [5.41, 5.74) is 2.43. The highest BCUT2D eigenvalue weighted by atomic mass is 16.5. The van der Waals surface area contributed by atoms with Gasteiger partial charge in [-0.05, 0) is 30.0 Å². The zero-order valence-electron chi connectivity index (χ0n) is 10.8. The number of hydrogen-bond acceptors (Lipinski definition) is 3. The van der Waals surface area contributed by atoms with Gasteiger partial charge in [0.25, 0.3) is 0 Å². The van der Waals surface area contributed by atoms with Crippen molar-refractivity contribution in [3.05, 3.63) is 29.8 Å². The topological polar surface area (TPSA) is 38.3 Å². The molecule has 0 radical (unpaired) electrons. The van der Waals surface area contributed by atoms with Gasteiger partial charge in [0, 0.05) is 18.7 Å². The first kappa shape index (κ1) is 13.6. The molecule has 0 heterocycles. The van der Waals surface area contributed by atoms with Crippen molar-refractivity contribution < 1.29 is 9.53 Å². The van der Waals surface area contributed by atoms with Crippen molar-refractivity contribution in [2.24, 2.45) is 0 Å². The van der Waals surface area contributed by atoms with E-state index < -0.39 is 0 Å². The molecule has 0 saturated carbocycles. The fourth-order valence-electron chi connectivity index (χ4n) is 1.55. The van der Waals surface area contributed by atoms with Crippen molar-refractivity contribution in [1.82, 2.24) is 0 Å². The van der Waals surface area contributed by atoms with Gasteiger partial charge in [-0.2, -0.15) is 0 Å². The second-order valence-corrected chi connectivity index (χ2v) is 4.38. The third-order valence-electron chi connectivity index (χ3n) is 2.69. The molecule has 3 nitrogen and oxygen atoms in total. The third kappa shape index (κ3) is 4.89. The Hall–Kier alpha value is -1.51. The number of esters is 1. The summed E-state index contributed by atoms with van der Waals surface area (Å²) in [6.45, 7) is 5.15. The molecule has 1 aromatic rings. The Bertz CT molecular complexity index is 344. The number of carbonyl (C=O) groups excluding carboxylic acids is 1. The summed E-state index contributed by atoms with van der Waals surface area (Å²) < 4.78 is 4.58. The lowest BCUT2D eigenvalue weighted by molar-refractivity contribution is -0.140. The standard InChI is InChI=1S/C14H21NO2/c1-11(2)12-6-8-13(9-7-12)15-10-4-5-14(16)17-3/h6-9,11,15H,4-5,10H2,1-3H3. The minimum Gasteiger partial charge on any atom is -0.469 e. The summed E-state index contributed by atoms with van der Waals surface area (Å²) in [6.07, 6.45) is 1.26. The highest BCUT2D eigenvalue weighted by Gasteiger charge is 2.00. The van der Waals surface area contributed by atoms with E-state index in [4.69, 9.17) is 0 Å². The lowest BCUT2D eigenvalue weighted by Gasteiger charge is -2.08. The van der Waals surface area contributed by atoms with Crippen LogP contribution in [0, 0.1) is 0 Å². The lowest BCUT2D eigenvalue weighted by atomic mass is 10.0. The van der Waals surface area contributed by atoms with E-state index in [1.807, 2.05) is 0 Å². The molecule has 0 aliphatic rings. The average Bonchev–Trinajstić information content (AvgIpc) is 2.34. The van der Waals surface area contributed by atoms with Gasteiger partial charge >= 0.3 is 5.97 Å². The molecule has 17 heavy (non-hydrogen) atoms. The molecule has 0 aromatic heterocycles. The quantitative estimate of drug-likeness (QED) is 0.608. The summed E-state index contributed by atoms with van der Waals surface area (Å²) in [6, 6.07) is 8.42. The van der Waals surface area contributed by atoms with Crippen molar-refractivity contribution in [2.75, 3.05) is 19.0 Å². The largest absolute Gasteiger partial charge is 0.469 e. The minimum atomic E-state index is -0.151. The van der Waals surface area contributed by atoms with E-state index in [1.165, 1.54) is 12.7 Å². The van der Waals surface area contributed by atoms with Crippen molar-refractivity contribution in [1.29, 1.82) is 0 Å². The molecular formula is C14H21NO2. The monoisotopic (exact) mass is 235 g/mol. The Labute approximate surface area is 103 Å². The molecule has 0 amide bonds. The zero-order valence-corrected chi connectivity index (χ0v) is 10.8. The maximum Gasteiger partial charge on any atom is 0.305 e. The van der Waals surface area contributed by atoms with Crippen LogP contribution in [0.5, 0.6) is 0 Å². The van der Waals surface area contributed by atoms with Crippen LogP contribution < -0.4 is 5.32 Å². The van der Waals surface area contributed by atoms with Gasteiger partial charge < -0.3 is 10.1 Å². The highest BCUT2D eigenvalue weighted by Crippen LogP contribution is 2.17. The number of ether oxygens (including phenoxy) is 1. The van der Waals surface area contributed by atoms with E-state index in [1.54, 1.807) is 0 Å². The molecule has 0 spiro atoms. The number of benzene rings is 1. The van der Waals surface area contributed by atoms with Crippen LogP contribution >= 0.6 is 0 Å².